The maximum Gasteiger partial charge on any atom is 0.257 e. The highest BCUT2D eigenvalue weighted by atomic mass is 35.5. The zero-order valence-electron chi connectivity index (χ0n) is 19.1. The van der Waals surface area contributed by atoms with Gasteiger partial charge in [-0.05, 0) is 55.3 Å². The first kappa shape index (κ1) is 26.6. The number of unbranched alkanes of at least 4 members (excludes halogenated alkanes) is 2. The molecule has 6 nitrogen and oxygen atoms in total. The van der Waals surface area contributed by atoms with Crippen molar-refractivity contribution < 1.29 is 13.2 Å². The first-order valence-corrected chi connectivity index (χ1v) is 14.2. The first-order valence-electron chi connectivity index (χ1n) is 11.1. The van der Waals surface area contributed by atoms with E-state index in [9.17, 15) is 13.2 Å². The molecule has 0 aliphatic heterocycles. The van der Waals surface area contributed by atoms with Crippen molar-refractivity contribution in [2.75, 3.05) is 18.4 Å². The third-order valence-corrected chi connectivity index (χ3v) is 8.44. The van der Waals surface area contributed by atoms with Gasteiger partial charge in [0.15, 0.2) is 5.13 Å². The second-order valence-corrected chi connectivity index (χ2v) is 11.4. The van der Waals surface area contributed by atoms with Gasteiger partial charge in [0.1, 0.15) is 0 Å². The Kier molecular flexibility index (Phi) is 9.50. The highest BCUT2D eigenvalue weighted by Crippen LogP contribution is 2.32. The summed E-state index contributed by atoms with van der Waals surface area (Å²) in [4.78, 5) is 17.3. The smallest absolute Gasteiger partial charge is 0.257 e. The fourth-order valence-corrected chi connectivity index (χ4v) is 5.88. The molecule has 3 rings (SSSR count). The molecule has 0 saturated heterocycles. The van der Waals surface area contributed by atoms with Crippen LogP contribution in [0, 0.1) is 0 Å². The molecule has 1 aromatic heterocycles. The molecule has 0 aliphatic rings. The minimum absolute atomic E-state index is 0.184. The summed E-state index contributed by atoms with van der Waals surface area (Å²) in [5.41, 5.74) is 1.62. The molecule has 1 heterocycles. The molecule has 0 unspecified atom stereocenters. The summed E-state index contributed by atoms with van der Waals surface area (Å²) in [5, 5.41) is 5.98. The Balaban J connectivity index is 1.73. The van der Waals surface area contributed by atoms with E-state index >= 15 is 0 Å². The van der Waals surface area contributed by atoms with Crippen molar-refractivity contribution in [3.8, 4) is 11.3 Å². The van der Waals surface area contributed by atoms with Gasteiger partial charge >= 0.3 is 0 Å². The lowest BCUT2D eigenvalue weighted by atomic mass is 10.2. The SMILES string of the molecule is CCCCN(CCCC)S(=O)(=O)c1ccc(C(=O)Nc2nc(-c3cc(Cl)ccc3Cl)cs2)cc1. The standard InChI is InChI=1S/C24H27Cl2N3O3S2/c1-3-5-13-29(14-6-4-2)34(31,32)19-10-7-17(8-11-19)23(30)28-24-27-22(16-33-24)20-15-18(25)9-12-21(20)26/h7-12,15-16H,3-6,13-14H2,1-2H3,(H,27,28,30). The minimum atomic E-state index is -3.61. The second-order valence-electron chi connectivity index (χ2n) is 7.75. The molecule has 0 saturated carbocycles. The van der Waals surface area contributed by atoms with Gasteiger partial charge in [-0.3, -0.25) is 10.1 Å². The number of hydrogen-bond donors (Lipinski definition) is 1. The lowest BCUT2D eigenvalue weighted by molar-refractivity contribution is 0.102. The van der Waals surface area contributed by atoms with E-state index < -0.39 is 10.0 Å². The van der Waals surface area contributed by atoms with Crippen molar-refractivity contribution in [2.45, 2.75) is 44.4 Å². The van der Waals surface area contributed by atoms with E-state index in [4.69, 9.17) is 23.2 Å². The Labute approximate surface area is 215 Å². The van der Waals surface area contributed by atoms with Gasteiger partial charge in [0.25, 0.3) is 5.91 Å². The van der Waals surface area contributed by atoms with E-state index in [0.29, 0.717) is 45.1 Å². The summed E-state index contributed by atoms with van der Waals surface area (Å²) >= 11 is 13.6. The van der Waals surface area contributed by atoms with E-state index in [1.807, 2.05) is 13.8 Å². The molecule has 0 radical (unpaired) electrons. The molecular formula is C24H27Cl2N3O3S2. The molecule has 34 heavy (non-hydrogen) atoms. The maximum absolute atomic E-state index is 13.1. The maximum atomic E-state index is 13.1. The van der Waals surface area contributed by atoms with E-state index in [2.05, 4.69) is 10.3 Å². The topological polar surface area (TPSA) is 79.4 Å². The molecule has 10 heteroatoms. The van der Waals surface area contributed by atoms with Crippen LogP contribution in [0.2, 0.25) is 10.0 Å². The molecule has 0 aliphatic carbocycles. The molecule has 1 amide bonds. The summed E-state index contributed by atoms with van der Waals surface area (Å²) in [6.45, 7) is 5.05. The molecule has 3 aromatic rings. The average Bonchev–Trinajstić information content (AvgIpc) is 3.28. The van der Waals surface area contributed by atoms with Crippen LogP contribution >= 0.6 is 34.5 Å². The number of aromatic nitrogens is 1. The summed E-state index contributed by atoms with van der Waals surface area (Å²) in [6, 6.07) is 11.1. The molecule has 0 spiro atoms. The van der Waals surface area contributed by atoms with Crippen molar-refractivity contribution in [1.82, 2.24) is 9.29 Å². The van der Waals surface area contributed by atoms with Crippen LogP contribution in [0.25, 0.3) is 11.3 Å². The molecule has 0 bridgehead atoms. The first-order chi connectivity index (χ1) is 16.3. The molecule has 0 fully saturated rings. The van der Waals surface area contributed by atoms with Crippen molar-refractivity contribution in [1.29, 1.82) is 0 Å². The number of hydrogen-bond acceptors (Lipinski definition) is 5. The molecule has 2 aromatic carbocycles. The molecule has 0 atom stereocenters. The summed E-state index contributed by atoms with van der Waals surface area (Å²) < 4.78 is 27.7. The Bertz CT molecular complexity index is 1220. The lowest BCUT2D eigenvalue weighted by Crippen LogP contribution is -2.33. The fourth-order valence-electron chi connectivity index (χ4n) is 3.27. The lowest BCUT2D eigenvalue weighted by Gasteiger charge is -2.22. The van der Waals surface area contributed by atoms with Crippen LogP contribution in [0.5, 0.6) is 0 Å². The van der Waals surface area contributed by atoms with E-state index in [0.717, 1.165) is 25.7 Å². The van der Waals surface area contributed by atoms with Gasteiger partial charge in [-0.1, -0.05) is 49.9 Å². The van der Waals surface area contributed by atoms with Gasteiger partial charge < -0.3 is 0 Å². The Morgan fingerprint density at radius 1 is 1.03 bits per heavy atom. The Hall–Kier alpha value is -1.97. The largest absolute Gasteiger partial charge is 0.298 e. The van der Waals surface area contributed by atoms with Crippen LogP contribution in [-0.4, -0.2) is 36.7 Å². The number of amides is 1. The monoisotopic (exact) mass is 539 g/mol. The van der Waals surface area contributed by atoms with Gasteiger partial charge in [-0.25, -0.2) is 13.4 Å². The third-order valence-electron chi connectivity index (χ3n) is 5.21. The van der Waals surface area contributed by atoms with Gasteiger partial charge in [-0.15, -0.1) is 11.3 Å². The summed E-state index contributed by atoms with van der Waals surface area (Å²) in [6.07, 6.45) is 3.44. The van der Waals surface area contributed by atoms with Crippen LogP contribution in [0.15, 0.2) is 52.7 Å². The second kappa shape index (κ2) is 12.1. The fraction of sp³-hybridized carbons (Fsp3) is 0.333. The van der Waals surface area contributed by atoms with Crippen LogP contribution in [0.1, 0.15) is 49.9 Å². The number of anilines is 1. The predicted molar refractivity (Wildman–Crippen MR) is 141 cm³/mol. The van der Waals surface area contributed by atoms with Crippen molar-refractivity contribution in [2.24, 2.45) is 0 Å². The van der Waals surface area contributed by atoms with Gasteiger partial charge in [0.05, 0.1) is 15.6 Å². The number of carbonyl (C=O) groups is 1. The van der Waals surface area contributed by atoms with Crippen molar-refractivity contribution in [3.05, 3.63) is 63.5 Å². The zero-order valence-corrected chi connectivity index (χ0v) is 22.2. The number of sulfonamides is 1. The predicted octanol–water partition coefficient (Wildman–Crippen LogP) is 6.96. The minimum Gasteiger partial charge on any atom is -0.298 e. The van der Waals surface area contributed by atoms with Gasteiger partial charge in [-0.2, -0.15) is 4.31 Å². The Morgan fingerprint density at radius 2 is 1.68 bits per heavy atom. The normalized spacial score (nSPS) is 11.7. The van der Waals surface area contributed by atoms with E-state index in [1.54, 1.807) is 23.6 Å². The van der Waals surface area contributed by atoms with Crippen molar-refractivity contribution >= 4 is 55.6 Å². The Morgan fingerprint density at radius 3 is 2.29 bits per heavy atom. The highest BCUT2D eigenvalue weighted by Gasteiger charge is 2.24. The molecule has 1 N–H and O–H groups in total. The summed E-state index contributed by atoms with van der Waals surface area (Å²) in [7, 11) is -3.61. The number of rotatable bonds is 11. The molecule has 182 valence electrons. The highest BCUT2D eigenvalue weighted by molar-refractivity contribution is 7.89. The van der Waals surface area contributed by atoms with E-state index in [-0.39, 0.29) is 10.8 Å². The van der Waals surface area contributed by atoms with Crippen LogP contribution in [0.3, 0.4) is 0 Å². The third kappa shape index (κ3) is 6.58. The van der Waals surface area contributed by atoms with Gasteiger partial charge in [0.2, 0.25) is 10.0 Å². The van der Waals surface area contributed by atoms with Crippen molar-refractivity contribution in [3.63, 3.8) is 0 Å². The number of nitrogens with zero attached hydrogens (tertiary/aromatic N) is 2. The summed E-state index contributed by atoms with van der Waals surface area (Å²) in [5.74, 6) is -0.379. The number of benzene rings is 2. The van der Waals surface area contributed by atoms with Crippen LogP contribution < -0.4 is 5.32 Å². The average molecular weight is 541 g/mol. The molecular weight excluding hydrogens is 513 g/mol. The van der Waals surface area contributed by atoms with E-state index in [1.165, 1.54) is 39.9 Å². The van der Waals surface area contributed by atoms with Crippen LogP contribution in [0.4, 0.5) is 5.13 Å². The number of thiazole rings is 1. The van der Waals surface area contributed by atoms with Gasteiger partial charge in [0, 0.05) is 34.6 Å². The number of carbonyl (C=O) groups excluding carboxylic acids is 1. The zero-order chi connectivity index (χ0) is 24.7. The number of nitrogens with one attached hydrogen (secondary N) is 1. The number of halogens is 2. The quantitative estimate of drug-likeness (QED) is 0.285. The van der Waals surface area contributed by atoms with Crippen LogP contribution in [-0.2, 0) is 10.0 Å².